The number of aromatic nitrogens is 1. The van der Waals surface area contributed by atoms with E-state index in [4.69, 9.17) is 12.2 Å². The molecular weight excluding hydrogens is 182 g/mol. The molecule has 0 aliphatic rings. The largest absolute Gasteiger partial charge is 0.366 e. The first-order chi connectivity index (χ1) is 6.22. The molecule has 0 unspecified atom stereocenters. The summed E-state index contributed by atoms with van der Waals surface area (Å²) in [5.74, 6) is 0. The monoisotopic (exact) mass is 195 g/mol. The highest BCUT2D eigenvalue weighted by atomic mass is 32.1. The van der Waals surface area contributed by atoms with Gasteiger partial charge in [-0.3, -0.25) is 4.98 Å². The number of hydrogen-bond acceptors (Lipinski definition) is 2. The van der Waals surface area contributed by atoms with E-state index in [0.717, 1.165) is 11.3 Å². The molecule has 1 aromatic heterocycles. The normalized spacial score (nSPS) is 9.38. The van der Waals surface area contributed by atoms with E-state index >= 15 is 0 Å². The second-order valence-electron chi connectivity index (χ2n) is 2.74. The zero-order valence-corrected chi connectivity index (χ0v) is 8.61. The predicted molar refractivity (Wildman–Crippen MR) is 57.5 cm³/mol. The van der Waals surface area contributed by atoms with Crippen LogP contribution in [-0.4, -0.2) is 17.1 Å². The number of rotatable bonds is 2. The van der Waals surface area contributed by atoms with Gasteiger partial charge in [0.1, 0.15) is 0 Å². The van der Waals surface area contributed by atoms with Gasteiger partial charge in [-0.15, -0.1) is 0 Å². The Kier molecular flexibility index (Phi) is 3.64. The summed E-state index contributed by atoms with van der Waals surface area (Å²) in [5.41, 5.74) is 2.16. The van der Waals surface area contributed by atoms with E-state index < -0.39 is 0 Å². The van der Waals surface area contributed by atoms with Crippen LogP contribution in [0, 0.1) is 6.92 Å². The zero-order chi connectivity index (χ0) is 9.68. The molecule has 0 saturated carbocycles. The molecule has 1 rings (SSSR count). The zero-order valence-electron chi connectivity index (χ0n) is 7.79. The van der Waals surface area contributed by atoms with Crippen molar-refractivity contribution >= 4 is 17.3 Å². The molecule has 0 aliphatic carbocycles. The molecule has 0 bridgehead atoms. The molecule has 70 valence electrons. The summed E-state index contributed by atoms with van der Waals surface area (Å²) in [6.07, 6.45) is 1.85. The highest BCUT2D eigenvalue weighted by Gasteiger charge is 1.93. The molecule has 1 aromatic rings. The van der Waals surface area contributed by atoms with Gasteiger partial charge in [0.05, 0.1) is 0 Å². The van der Waals surface area contributed by atoms with Crippen molar-refractivity contribution in [2.45, 2.75) is 13.5 Å². The Balaban J connectivity index is 2.46. The van der Waals surface area contributed by atoms with Crippen LogP contribution < -0.4 is 10.6 Å². The molecule has 0 radical (unpaired) electrons. The van der Waals surface area contributed by atoms with E-state index in [-0.39, 0.29) is 0 Å². The van der Waals surface area contributed by atoms with Gasteiger partial charge < -0.3 is 10.6 Å². The van der Waals surface area contributed by atoms with E-state index in [1.165, 1.54) is 0 Å². The molecule has 13 heavy (non-hydrogen) atoms. The average Bonchev–Trinajstić information content (AvgIpc) is 2.16. The lowest BCUT2D eigenvalue weighted by atomic mass is 10.2. The van der Waals surface area contributed by atoms with Crippen LogP contribution in [0.3, 0.4) is 0 Å². The molecule has 0 aromatic carbocycles. The maximum atomic E-state index is 4.94. The predicted octanol–water partition coefficient (Wildman–Crippen LogP) is 0.984. The Morgan fingerprint density at radius 1 is 1.54 bits per heavy atom. The van der Waals surface area contributed by atoms with Gasteiger partial charge in [-0.1, -0.05) is 6.07 Å². The molecule has 0 atom stereocenters. The Labute approximate surface area is 83.6 Å². The van der Waals surface area contributed by atoms with Crippen molar-refractivity contribution in [1.82, 2.24) is 15.6 Å². The fraction of sp³-hybridized carbons (Fsp3) is 0.333. The van der Waals surface area contributed by atoms with Gasteiger partial charge >= 0.3 is 0 Å². The maximum Gasteiger partial charge on any atom is 0.166 e. The quantitative estimate of drug-likeness (QED) is 0.690. The van der Waals surface area contributed by atoms with Crippen molar-refractivity contribution in [3.8, 4) is 0 Å². The first kappa shape index (κ1) is 9.92. The third kappa shape index (κ3) is 3.38. The van der Waals surface area contributed by atoms with Crippen LogP contribution in [0.25, 0.3) is 0 Å². The maximum absolute atomic E-state index is 4.94. The Morgan fingerprint density at radius 3 is 2.85 bits per heavy atom. The van der Waals surface area contributed by atoms with E-state index in [1.54, 1.807) is 7.05 Å². The molecule has 0 aliphatic heterocycles. The number of nitrogens with one attached hydrogen (secondary N) is 2. The van der Waals surface area contributed by atoms with Gasteiger partial charge in [0, 0.05) is 25.5 Å². The van der Waals surface area contributed by atoms with E-state index in [9.17, 15) is 0 Å². The number of pyridine rings is 1. The van der Waals surface area contributed by atoms with Gasteiger partial charge in [-0.25, -0.2) is 0 Å². The number of thiocarbonyl (C=S) groups is 1. The first-order valence-corrected chi connectivity index (χ1v) is 4.50. The van der Waals surface area contributed by atoms with E-state index in [1.807, 2.05) is 25.3 Å². The van der Waals surface area contributed by atoms with Crippen LogP contribution in [0.15, 0.2) is 18.3 Å². The van der Waals surface area contributed by atoms with Crippen molar-refractivity contribution < 1.29 is 0 Å². The van der Waals surface area contributed by atoms with Crippen molar-refractivity contribution in [1.29, 1.82) is 0 Å². The minimum absolute atomic E-state index is 0.653. The Morgan fingerprint density at radius 2 is 2.31 bits per heavy atom. The second-order valence-corrected chi connectivity index (χ2v) is 3.15. The van der Waals surface area contributed by atoms with Gasteiger partial charge in [-0.05, 0) is 30.8 Å². The summed E-state index contributed by atoms with van der Waals surface area (Å²) in [6, 6.07) is 4.02. The van der Waals surface area contributed by atoms with Crippen LogP contribution in [0.4, 0.5) is 0 Å². The highest BCUT2D eigenvalue weighted by molar-refractivity contribution is 7.80. The summed E-state index contributed by atoms with van der Waals surface area (Å²) in [4.78, 5) is 4.18. The molecule has 0 amide bonds. The van der Waals surface area contributed by atoms with Gasteiger partial charge in [-0.2, -0.15) is 0 Å². The number of nitrogens with zero attached hydrogens (tertiary/aromatic N) is 1. The molecule has 0 fully saturated rings. The van der Waals surface area contributed by atoms with Crippen LogP contribution in [0.1, 0.15) is 11.3 Å². The van der Waals surface area contributed by atoms with Crippen molar-refractivity contribution in [3.63, 3.8) is 0 Å². The molecule has 2 N–H and O–H groups in total. The minimum atomic E-state index is 0.653. The molecule has 1 heterocycles. The van der Waals surface area contributed by atoms with Gasteiger partial charge in [0.25, 0.3) is 0 Å². The Hall–Kier alpha value is -1.16. The SMILES string of the molecule is CNC(=S)NCc1ccc(C)nc1. The Bertz CT molecular complexity index is 281. The van der Waals surface area contributed by atoms with Crippen molar-refractivity contribution in [2.75, 3.05) is 7.05 Å². The molecule has 0 saturated heterocycles. The first-order valence-electron chi connectivity index (χ1n) is 4.09. The lowest BCUT2D eigenvalue weighted by Gasteiger charge is -2.06. The summed E-state index contributed by atoms with van der Waals surface area (Å²) in [5, 5.41) is 6.55. The van der Waals surface area contributed by atoms with Crippen molar-refractivity contribution in [3.05, 3.63) is 29.6 Å². The standard InChI is InChI=1S/C9H13N3S/c1-7-3-4-8(5-11-7)6-12-9(13)10-2/h3-5H,6H2,1-2H3,(H2,10,12,13). The fourth-order valence-corrected chi connectivity index (χ4v) is 0.946. The fourth-order valence-electron chi connectivity index (χ4n) is 0.874. The van der Waals surface area contributed by atoms with Crippen LogP contribution >= 0.6 is 12.2 Å². The lowest BCUT2D eigenvalue weighted by Crippen LogP contribution is -2.31. The van der Waals surface area contributed by atoms with Gasteiger partial charge in [0.2, 0.25) is 0 Å². The van der Waals surface area contributed by atoms with Crippen LogP contribution in [0.5, 0.6) is 0 Å². The molecule has 0 spiro atoms. The molecule has 3 nitrogen and oxygen atoms in total. The van der Waals surface area contributed by atoms with Gasteiger partial charge in [0.15, 0.2) is 5.11 Å². The summed E-state index contributed by atoms with van der Waals surface area (Å²) >= 11 is 4.94. The summed E-state index contributed by atoms with van der Waals surface area (Å²) in [6.45, 7) is 2.68. The smallest absolute Gasteiger partial charge is 0.166 e. The van der Waals surface area contributed by atoms with Crippen LogP contribution in [0.2, 0.25) is 0 Å². The summed E-state index contributed by atoms with van der Waals surface area (Å²) in [7, 11) is 1.79. The van der Waals surface area contributed by atoms with E-state index in [0.29, 0.717) is 11.7 Å². The number of aryl methyl sites for hydroxylation is 1. The topological polar surface area (TPSA) is 37.0 Å². The second kappa shape index (κ2) is 4.77. The lowest BCUT2D eigenvalue weighted by molar-refractivity contribution is 0.882. The van der Waals surface area contributed by atoms with Crippen LogP contribution in [-0.2, 0) is 6.54 Å². The third-order valence-electron chi connectivity index (χ3n) is 1.65. The summed E-state index contributed by atoms with van der Waals surface area (Å²) < 4.78 is 0. The van der Waals surface area contributed by atoms with E-state index in [2.05, 4.69) is 15.6 Å². The molecular formula is C9H13N3S. The number of hydrogen-bond donors (Lipinski definition) is 2. The highest BCUT2D eigenvalue weighted by Crippen LogP contribution is 1.97. The molecule has 4 heteroatoms. The minimum Gasteiger partial charge on any atom is -0.366 e. The van der Waals surface area contributed by atoms with Crippen molar-refractivity contribution in [2.24, 2.45) is 0 Å². The third-order valence-corrected chi connectivity index (χ3v) is 2.00. The average molecular weight is 195 g/mol.